The fraction of sp³-hybridized carbons (Fsp3) is 0.375. The molecular weight excluding hydrogens is 253 g/mol. The number of hydrogen-bond donors (Lipinski definition) is 1. The van der Waals surface area contributed by atoms with Gasteiger partial charge in [-0.2, -0.15) is 0 Å². The Labute approximate surface area is 119 Å². The van der Waals surface area contributed by atoms with Gasteiger partial charge >= 0.3 is 0 Å². The fourth-order valence-electron chi connectivity index (χ4n) is 1.90. The lowest BCUT2D eigenvalue weighted by atomic mass is 10.1. The Balaban J connectivity index is 1.91. The molecule has 20 heavy (non-hydrogen) atoms. The van der Waals surface area contributed by atoms with Crippen LogP contribution in [0, 0.1) is 11.7 Å². The summed E-state index contributed by atoms with van der Waals surface area (Å²) < 4.78 is 13.1. The van der Waals surface area contributed by atoms with Crippen molar-refractivity contribution in [2.24, 2.45) is 5.92 Å². The van der Waals surface area contributed by atoms with Crippen LogP contribution in [0.4, 0.5) is 4.39 Å². The molecule has 0 saturated carbocycles. The van der Waals surface area contributed by atoms with E-state index in [9.17, 15) is 4.39 Å². The average Bonchev–Trinajstić information content (AvgIpc) is 2.40. The van der Waals surface area contributed by atoms with Crippen molar-refractivity contribution < 1.29 is 4.39 Å². The molecule has 3 nitrogen and oxygen atoms in total. The number of halogens is 1. The molecule has 0 amide bonds. The van der Waals surface area contributed by atoms with Gasteiger partial charge in [-0.15, -0.1) is 0 Å². The van der Waals surface area contributed by atoms with E-state index in [-0.39, 0.29) is 5.82 Å². The van der Waals surface area contributed by atoms with E-state index in [1.54, 1.807) is 6.07 Å². The Morgan fingerprint density at radius 3 is 2.55 bits per heavy atom. The van der Waals surface area contributed by atoms with Crippen LogP contribution in [-0.2, 0) is 13.0 Å². The smallest absolute Gasteiger partial charge is 0.132 e. The van der Waals surface area contributed by atoms with E-state index in [1.807, 2.05) is 18.5 Å². The lowest BCUT2D eigenvalue weighted by molar-refractivity contribution is 0.551. The van der Waals surface area contributed by atoms with E-state index in [0.717, 1.165) is 24.2 Å². The summed E-state index contributed by atoms with van der Waals surface area (Å²) in [5, 5.41) is 3.35. The van der Waals surface area contributed by atoms with Gasteiger partial charge in [-0.1, -0.05) is 26.0 Å². The van der Waals surface area contributed by atoms with Gasteiger partial charge in [0, 0.05) is 30.9 Å². The first-order valence-electron chi connectivity index (χ1n) is 6.88. The van der Waals surface area contributed by atoms with E-state index >= 15 is 0 Å². The Morgan fingerprint density at radius 1 is 1.15 bits per heavy atom. The molecule has 0 atom stereocenters. The molecule has 2 aromatic rings. The molecule has 0 radical (unpaired) electrons. The average molecular weight is 273 g/mol. The first kappa shape index (κ1) is 14.6. The first-order valence-corrected chi connectivity index (χ1v) is 6.88. The highest BCUT2D eigenvalue weighted by atomic mass is 19.1. The molecule has 0 aliphatic carbocycles. The quantitative estimate of drug-likeness (QED) is 0.879. The summed E-state index contributed by atoms with van der Waals surface area (Å²) in [7, 11) is 0. The molecular formula is C16H20FN3. The molecule has 0 aliphatic heterocycles. The standard InChI is InChI=1S/C16H20FN3/c1-12(2)8-18-9-14-10-19-16(20-11-14)7-13-4-3-5-15(17)6-13/h3-6,10-12,18H,7-9H2,1-2H3. The third-order valence-corrected chi connectivity index (χ3v) is 2.89. The third-order valence-electron chi connectivity index (χ3n) is 2.89. The zero-order valence-corrected chi connectivity index (χ0v) is 11.9. The van der Waals surface area contributed by atoms with Crippen LogP contribution in [0.3, 0.4) is 0 Å². The van der Waals surface area contributed by atoms with Gasteiger partial charge in [0.15, 0.2) is 0 Å². The van der Waals surface area contributed by atoms with E-state index in [2.05, 4.69) is 29.1 Å². The monoisotopic (exact) mass is 273 g/mol. The minimum atomic E-state index is -0.225. The van der Waals surface area contributed by atoms with Crippen LogP contribution in [0.1, 0.15) is 30.8 Å². The van der Waals surface area contributed by atoms with Crippen LogP contribution in [-0.4, -0.2) is 16.5 Å². The Hall–Kier alpha value is -1.81. The summed E-state index contributed by atoms with van der Waals surface area (Å²) in [4.78, 5) is 8.66. The van der Waals surface area contributed by atoms with Crippen molar-refractivity contribution in [3.8, 4) is 0 Å². The van der Waals surface area contributed by atoms with Crippen LogP contribution in [0.25, 0.3) is 0 Å². The number of benzene rings is 1. The highest BCUT2D eigenvalue weighted by Crippen LogP contribution is 2.08. The molecule has 0 bridgehead atoms. The van der Waals surface area contributed by atoms with Crippen molar-refractivity contribution in [3.05, 3.63) is 59.4 Å². The van der Waals surface area contributed by atoms with Crippen LogP contribution in [0.15, 0.2) is 36.7 Å². The van der Waals surface area contributed by atoms with Gasteiger partial charge in [-0.05, 0) is 30.2 Å². The first-order chi connectivity index (χ1) is 9.63. The number of rotatable bonds is 6. The molecule has 0 aliphatic rings. The molecule has 0 unspecified atom stereocenters. The summed E-state index contributed by atoms with van der Waals surface area (Å²) in [6, 6.07) is 6.54. The van der Waals surface area contributed by atoms with Gasteiger partial charge in [0.05, 0.1) is 0 Å². The zero-order valence-electron chi connectivity index (χ0n) is 11.9. The summed E-state index contributed by atoms with van der Waals surface area (Å²) in [6.07, 6.45) is 4.21. The lowest BCUT2D eigenvalue weighted by Gasteiger charge is -2.07. The second kappa shape index (κ2) is 7.10. The highest BCUT2D eigenvalue weighted by Gasteiger charge is 2.02. The van der Waals surface area contributed by atoms with E-state index in [0.29, 0.717) is 18.2 Å². The molecule has 1 N–H and O–H groups in total. The normalized spacial score (nSPS) is 11.0. The Morgan fingerprint density at radius 2 is 1.90 bits per heavy atom. The zero-order chi connectivity index (χ0) is 14.4. The molecule has 0 spiro atoms. The molecule has 1 aromatic carbocycles. The Bertz CT molecular complexity index is 538. The van der Waals surface area contributed by atoms with Crippen molar-refractivity contribution in [2.45, 2.75) is 26.8 Å². The van der Waals surface area contributed by atoms with Crippen molar-refractivity contribution in [1.29, 1.82) is 0 Å². The largest absolute Gasteiger partial charge is 0.312 e. The number of nitrogens with zero attached hydrogens (tertiary/aromatic N) is 2. The second-order valence-corrected chi connectivity index (χ2v) is 5.34. The molecule has 2 rings (SSSR count). The molecule has 4 heteroatoms. The molecule has 1 heterocycles. The number of hydrogen-bond acceptors (Lipinski definition) is 3. The third kappa shape index (κ3) is 4.70. The van der Waals surface area contributed by atoms with Gasteiger partial charge in [-0.3, -0.25) is 0 Å². The fourth-order valence-corrected chi connectivity index (χ4v) is 1.90. The SMILES string of the molecule is CC(C)CNCc1cnc(Cc2cccc(F)c2)nc1. The predicted molar refractivity (Wildman–Crippen MR) is 77.8 cm³/mol. The summed E-state index contributed by atoms with van der Waals surface area (Å²) in [5.41, 5.74) is 1.95. The van der Waals surface area contributed by atoms with Crippen LogP contribution < -0.4 is 5.32 Å². The van der Waals surface area contributed by atoms with Crippen molar-refractivity contribution in [1.82, 2.24) is 15.3 Å². The van der Waals surface area contributed by atoms with Gasteiger partial charge in [0.25, 0.3) is 0 Å². The minimum Gasteiger partial charge on any atom is -0.312 e. The van der Waals surface area contributed by atoms with E-state index < -0.39 is 0 Å². The van der Waals surface area contributed by atoms with E-state index in [1.165, 1.54) is 12.1 Å². The van der Waals surface area contributed by atoms with Gasteiger partial charge in [0.2, 0.25) is 0 Å². The highest BCUT2D eigenvalue weighted by molar-refractivity contribution is 5.20. The summed E-state index contributed by atoms with van der Waals surface area (Å²) in [6.45, 7) is 6.10. The summed E-state index contributed by atoms with van der Waals surface area (Å²) >= 11 is 0. The molecule has 1 aromatic heterocycles. The molecule has 0 fully saturated rings. The Kier molecular flexibility index (Phi) is 5.18. The van der Waals surface area contributed by atoms with Crippen LogP contribution in [0.5, 0.6) is 0 Å². The lowest BCUT2D eigenvalue weighted by Crippen LogP contribution is -2.19. The van der Waals surface area contributed by atoms with Crippen LogP contribution >= 0.6 is 0 Å². The topological polar surface area (TPSA) is 37.8 Å². The number of aromatic nitrogens is 2. The van der Waals surface area contributed by atoms with Crippen molar-refractivity contribution in [3.63, 3.8) is 0 Å². The maximum Gasteiger partial charge on any atom is 0.132 e. The maximum absolute atomic E-state index is 13.1. The maximum atomic E-state index is 13.1. The van der Waals surface area contributed by atoms with Gasteiger partial charge in [0.1, 0.15) is 11.6 Å². The van der Waals surface area contributed by atoms with Gasteiger partial charge < -0.3 is 5.32 Å². The van der Waals surface area contributed by atoms with Crippen molar-refractivity contribution in [2.75, 3.05) is 6.54 Å². The van der Waals surface area contributed by atoms with Gasteiger partial charge in [-0.25, -0.2) is 14.4 Å². The van der Waals surface area contributed by atoms with E-state index in [4.69, 9.17) is 0 Å². The van der Waals surface area contributed by atoms with Crippen molar-refractivity contribution >= 4 is 0 Å². The summed E-state index contributed by atoms with van der Waals surface area (Å²) in [5.74, 6) is 1.11. The minimum absolute atomic E-state index is 0.225. The molecule has 0 saturated heterocycles. The van der Waals surface area contributed by atoms with Crippen LogP contribution in [0.2, 0.25) is 0 Å². The second-order valence-electron chi connectivity index (χ2n) is 5.34. The molecule has 106 valence electrons. The number of nitrogens with one attached hydrogen (secondary N) is 1. The predicted octanol–water partition coefficient (Wildman–Crippen LogP) is 2.95.